The molecule has 0 unspecified atom stereocenters. The van der Waals surface area contributed by atoms with Crippen molar-refractivity contribution in [3.8, 4) is 5.75 Å². The molecule has 0 amide bonds. The third-order valence-electron chi connectivity index (χ3n) is 1.29. The van der Waals surface area contributed by atoms with E-state index in [2.05, 4.69) is 4.74 Å². The molecule has 0 fully saturated rings. The summed E-state index contributed by atoms with van der Waals surface area (Å²) in [6.07, 6.45) is 0. The van der Waals surface area contributed by atoms with E-state index in [0.29, 0.717) is 11.3 Å². The van der Waals surface area contributed by atoms with Crippen molar-refractivity contribution < 1.29 is 13.9 Å². The van der Waals surface area contributed by atoms with Crippen molar-refractivity contribution in [3.63, 3.8) is 0 Å². The van der Waals surface area contributed by atoms with E-state index in [4.69, 9.17) is 0 Å². The van der Waals surface area contributed by atoms with Crippen molar-refractivity contribution >= 4 is 6.47 Å². The standard InChI is InChI=1S/C8H6FO2/c1-6-4-7(11-5-10)2-3-8(6)9/h2-4H,1H3. The average molecular weight is 153 g/mol. The minimum Gasteiger partial charge on any atom is -0.418 e. The number of hydrogen-bond donors (Lipinski definition) is 0. The van der Waals surface area contributed by atoms with Gasteiger partial charge in [0.15, 0.2) is 0 Å². The van der Waals surface area contributed by atoms with Gasteiger partial charge in [0.05, 0.1) is 0 Å². The quantitative estimate of drug-likeness (QED) is 0.644. The first kappa shape index (κ1) is 7.72. The number of halogens is 1. The van der Waals surface area contributed by atoms with Crippen LogP contribution in [0.25, 0.3) is 0 Å². The summed E-state index contributed by atoms with van der Waals surface area (Å²) in [5.74, 6) is -0.0119. The summed E-state index contributed by atoms with van der Waals surface area (Å²) in [4.78, 5) is 9.73. The Balaban J connectivity index is 2.95. The predicted octanol–water partition coefficient (Wildman–Crippen LogP) is 1.58. The van der Waals surface area contributed by atoms with Crippen LogP contribution in [0.2, 0.25) is 0 Å². The van der Waals surface area contributed by atoms with Gasteiger partial charge in [-0.25, -0.2) is 9.18 Å². The van der Waals surface area contributed by atoms with Gasteiger partial charge in [-0.05, 0) is 30.7 Å². The molecule has 57 valence electrons. The third-order valence-corrected chi connectivity index (χ3v) is 1.29. The van der Waals surface area contributed by atoms with Gasteiger partial charge >= 0.3 is 6.47 Å². The molecule has 11 heavy (non-hydrogen) atoms. The Kier molecular flexibility index (Phi) is 2.21. The normalized spacial score (nSPS) is 9.27. The molecule has 0 saturated carbocycles. The minimum absolute atomic E-state index is 0.305. The summed E-state index contributed by atoms with van der Waals surface area (Å²) in [5, 5.41) is 0. The SMILES string of the molecule is Cc1cc(O[C]=O)ccc1F. The van der Waals surface area contributed by atoms with Crippen LogP contribution in [-0.2, 0) is 4.79 Å². The number of rotatable bonds is 2. The zero-order valence-corrected chi connectivity index (χ0v) is 5.93. The van der Waals surface area contributed by atoms with Gasteiger partial charge in [0, 0.05) is 0 Å². The highest BCUT2D eigenvalue weighted by Crippen LogP contribution is 2.14. The number of ether oxygens (including phenoxy) is 1. The second-order valence-corrected chi connectivity index (χ2v) is 2.10. The largest absolute Gasteiger partial charge is 0.423 e. The fourth-order valence-corrected chi connectivity index (χ4v) is 0.729. The number of aryl methyl sites for hydroxylation is 1. The van der Waals surface area contributed by atoms with Crippen molar-refractivity contribution in [2.75, 3.05) is 0 Å². The maximum Gasteiger partial charge on any atom is 0.423 e. The fraction of sp³-hybridized carbons (Fsp3) is 0.125. The lowest BCUT2D eigenvalue weighted by Gasteiger charge is -1.98. The van der Waals surface area contributed by atoms with Gasteiger partial charge in [-0.2, -0.15) is 0 Å². The van der Waals surface area contributed by atoms with Crippen molar-refractivity contribution in [1.82, 2.24) is 0 Å². The molecule has 1 aromatic carbocycles. The topological polar surface area (TPSA) is 26.3 Å². The molecule has 3 heteroatoms. The summed E-state index contributed by atoms with van der Waals surface area (Å²) in [6, 6.07) is 4.04. The van der Waals surface area contributed by atoms with Gasteiger partial charge in [0.1, 0.15) is 11.6 Å². The van der Waals surface area contributed by atoms with E-state index in [9.17, 15) is 9.18 Å². The van der Waals surface area contributed by atoms with Crippen LogP contribution in [0.5, 0.6) is 5.75 Å². The first-order valence-corrected chi connectivity index (χ1v) is 3.04. The lowest BCUT2D eigenvalue weighted by molar-refractivity contribution is 0.441. The average Bonchev–Trinajstić information content (AvgIpc) is 1.98. The van der Waals surface area contributed by atoms with Gasteiger partial charge in [0.2, 0.25) is 0 Å². The Morgan fingerprint density at radius 3 is 2.82 bits per heavy atom. The van der Waals surface area contributed by atoms with Gasteiger partial charge in [-0.3, -0.25) is 0 Å². The van der Waals surface area contributed by atoms with E-state index in [1.165, 1.54) is 24.7 Å². The second-order valence-electron chi connectivity index (χ2n) is 2.10. The minimum atomic E-state index is -0.316. The van der Waals surface area contributed by atoms with Crippen LogP contribution >= 0.6 is 0 Å². The van der Waals surface area contributed by atoms with Crippen molar-refractivity contribution in [2.45, 2.75) is 6.92 Å². The van der Waals surface area contributed by atoms with Gasteiger partial charge in [0.25, 0.3) is 0 Å². The molecule has 0 aromatic heterocycles. The van der Waals surface area contributed by atoms with Gasteiger partial charge < -0.3 is 4.74 Å². The van der Waals surface area contributed by atoms with Crippen LogP contribution in [0.15, 0.2) is 18.2 Å². The maximum absolute atomic E-state index is 12.6. The lowest BCUT2D eigenvalue weighted by atomic mass is 10.2. The van der Waals surface area contributed by atoms with E-state index < -0.39 is 0 Å². The number of carbonyl (C=O) groups excluding carboxylic acids is 1. The molecule has 0 saturated heterocycles. The highest BCUT2D eigenvalue weighted by atomic mass is 19.1. The van der Waals surface area contributed by atoms with E-state index in [1.54, 1.807) is 6.92 Å². The van der Waals surface area contributed by atoms with E-state index in [1.807, 2.05) is 0 Å². The number of benzene rings is 1. The first-order valence-electron chi connectivity index (χ1n) is 3.04. The molecule has 0 aliphatic heterocycles. The molecule has 0 bridgehead atoms. The Bertz CT molecular complexity index is 271. The van der Waals surface area contributed by atoms with Crippen LogP contribution in [-0.4, -0.2) is 6.47 Å². The molecule has 1 radical (unpaired) electrons. The summed E-state index contributed by atoms with van der Waals surface area (Å²) in [5.41, 5.74) is 0.442. The molecule has 0 N–H and O–H groups in total. The Labute approximate surface area is 63.6 Å². The van der Waals surface area contributed by atoms with Crippen molar-refractivity contribution in [3.05, 3.63) is 29.6 Å². The highest BCUT2D eigenvalue weighted by molar-refractivity contribution is 5.46. The molecule has 0 atom stereocenters. The molecule has 0 aliphatic rings. The second kappa shape index (κ2) is 3.14. The lowest BCUT2D eigenvalue weighted by Crippen LogP contribution is -1.89. The van der Waals surface area contributed by atoms with Crippen LogP contribution in [0.4, 0.5) is 4.39 Å². The molecule has 0 spiro atoms. The predicted molar refractivity (Wildman–Crippen MR) is 37.5 cm³/mol. The Morgan fingerprint density at radius 1 is 1.55 bits per heavy atom. The monoisotopic (exact) mass is 153 g/mol. The van der Waals surface area contributed by atoms with E-state index in [-0.39, 0.29) is 5.82 Å². The zero-order chi connectivity index (χ0) is 8.27. The number of hydrogen-bond acceptors (Lipinski definition) is 2. The molecular weight excluding hydrogens is 147 g/mol. The van der Waals surface area contributed by atoms with E-state index in [0.717, 1.165) is 0 Å². The first-order chi connectivity index (χ1) is 5.24. The zero-order valence-electron chi connectivity index (χ0n) is 5.93. The summed E-state index contributed by atoms with van der Waals surface area (Å²) < 4.78 is 17.0. The highest BCUT2D eigenvalue weighted by Gasteiger charge is 1.98. The molecule has 2 nitrogen and oxygen atoms in total. The van der Waals surface area contributed by atoms with Gasteiger partial charge in [-0.15, -0.1) is 0 Å². The molecule has 1 aromatic rings. The molecular formula is C8H6FO2. The fourth-order valence-electron chi connectivity index (χ4n) is 0.729. The van der Waals surface area contributed by atoms with Crippen LogP contribution in [0.3, 0.4) is 0 Å². The molecule has 0 aliphatic carbocycles. The van der Waals surface area contributed by atoms with Crippen LogP contribution in [0.1, 0.15) is 5.56 Å². The summed E-state index contributed by atoms with van der Waals surface area (Å²) in [6.45, 7) is 2.85. The van der Waals surface area contributed by atoms with Crippen LogP contribution in [0, 0.1) is 12.7 Å². The Morgan fingerprint density at radius 2 is 2.27 bits per heavy atom. The third kappa shape index (κ3) is 1.77. The molecule has 0 heterocycles. The van der Waals surface area contributed by atoms with Crippen molar-refractivity contribution in [1.29, 1.82) is 0 Å². The summed E-state index contributed by atoms with van der Waals surface area (Å²) in [7, 11) is 0. The molecule has 1 rings (SSSR count). The summed E-state index contributed by atoms with van der Waals surface area (Å²) >= 11 is 0. The Hall–Kier alpha value is -1.38. The smallest absolute Gasteiger partial charge is 0.418 e. The van der Waals surface area contributed by atoms with Gasteiger partial charge in [-0.1, -0.05) is 0 Å². The van der Waals surface area contributed by atoms with Crippen LogP contribution < -0.4 is 4.74 Å². The van der Waals surface area contributed by atoms with Crippen molar-refractivity contribution in [2.24, 2.45) is 0 Å². The van der Waals surface area contributed by atoms with E-state index >= 15 is 0 Å². The maximum atomic E-state index is 12.6.